The number of hydrogen-bond donors (Lipinski definition) is 1. The van der Waals surface area contributed by atoms with Gasteiger partial charge in [0.25, 0.3) is 10.0 Å². The highest BCUT2D eigenvalue weighted by molar-refractivity contribution is 7.94. The summed E-state index contributed by atoms with van der Waals surface area (Å²) < 4.78 is 53.9. The van der Waals surface area contributed by atoms with Crippen LogP contribution in [0, 0.1) is 34.6 Å². The van der Waals surface area contributed by atoms with Gasteiger partial charge in [-0.05, 0) is 58.4 Å². The molecule has 222 valence electrons. The molecular formula is C29H33N5O6S2. The summed E-state index contributed by atoms with van der Waals surface area (Å²) in [5.74, 6) is 1.75. The molecule has 0 aliphatic heterocycles. The first-order valence-electron chi connectivity index (χ1n) is 13.2. The fourth-order valence-electron chi connectivity index (χ4n) is 4.73. The van der Waals surface area contributed by atoms with Crippen molar-refractivity contribution in [2.75, 3.05) is 32.2 Å². The van der Waals surface area contributed by atoms with Crippen molar-refractivity contribution < 1.29 is 27.2 Å². The van der Waals surface area contributed by atoms with Gasteiger partial charge in [0.05, 0.1) is 36.9 Å². The fraction of sp³-hybridized carbons (Fsp3) is 0.345. The normalized spacial score (nSPS) is 11.8. The van der Waals surface area contributed by atoms with Crippen molar-refractivity contribution in [1.82, 2.24) is 19.9 Å². The summed E-state index contributed by atoms with van der Waals surface area (Å²) in [5.41, 5.74) is 5.36. The second kappa shape index (κ2) is 11.7. The number of methoxy groups -OCH3 is 2. The molecule has 5 aromatic rings. The van der Waals surface area contributed by atoms with E-state index in [0.29, 0.717) is 47.2 Å². The predicted molar refractivity (Wildman–Crippen MR) is 161 cm³/mol. The number of anilines is 1. The molecule has 4 aromatic heterocycles. The maximum absolute atomic E-state index is 13.6. The molecule has 0 fully saturated rings. The summed E-state index contributed by atoms with van der Waals surface area (Å²) in [4.78, 5) is 5.40. The van der Waals surface area contributed by atoms with Crippen molar-refractivity contribution in [3.05, 3.63) is 63.5 Å². The van der Waals surface area contributed by atoms with E-state index in [9.17, 15) is 8.42 Å². The first kappa shape index (κ1) is 29.5. The van der Waals surface area contributed by atoms with Crippen LogP contribution in [0.5, 0.6) is 11.6 Å². The molecule has 1 N–H and O–H groups in total. The molecule has 0 saturated heterocycles. The zero-order valence-electron chi connectivity index (χ0n) is 24.6. The van der Waals surface area contributed by atoms with Crippen LogP contribution in [0.25, 0.3) is 22.0 Å². The van der Waals surface area contributed by atoms with E-state index in [4.69, 9.17) is 18.7 Å². The van der Waals surface area contributed by atoms with Gasteiger partial charge in [-0.1, -0.05) is 17.3 Å². The first-order chi connectivity index (χ1) is 20.0. The lowest BCUT2D eigenvalue weighted by Gasteiger charge is -2.15. The molecule has 5 rings (SSSR count). The Morgan fingerprint density at radius 1 is 1.02 bits per heavy atom. The van der Waals surface area contributed by atoms with Crippen LogP contribution >= 0.6 is 11.3 Å². The number of pyridine rings is 1. The van der Waals surface area contributed by atoms with Crippen molar-refractivity contribution in [3.8, 4) is 22.8 Å². The number of thiophene rings is 1. The van der Waals surface area contributed by atoms with E-state index >= 15 is 0 Å². The number of fused-ring (bicyclic) bond motifs is 1. The average molecular weight is 612 g/mol. The molecule has 0 aliphatic carbocycles. The molecule has 11 nitrogen and oxygen atoms in total. The van der Waals surface area contributed by atoms with Gasteiger partial charge >= 0.3 is 0 Å². The van der Waals surface area contributed by atoms with E-state index < -0.39 is 10.0 Å². The minimum Gasteiger partial charge on any atom is -0.491 e. The predicted octanol–water partition coefficient (Wildman–Crippen LogP) is 5.57. The lowest BCUT2D eigenvalue weighted by Crippen LogP contribution is -2.13. The molecule has 0 bridgehead atoms. The molecule has 0 radical (unpaired) electrons. The van der Waals surface area contributed by atoms with Crippen molar-refractivity contribution in [1.29, 1.82) is 0 Å². The standard InChI is InChI=1S/C29H33N5O6S2/c1-16-12-24-26(19(4)30-16)28(38-7)31-34(24)15-21-8-9-22(25(14-21)39-11-10-37-6)23-13-17(2)41-29(23)42(35,36)33-27-18(3)20(5)40-32-27/h8-9,12-14H,10-11,15H2,1-7H3,(H,32,33). The van der Waals surface area contributed by atoms with Gasteiger partial charge in [0.15, 0.2) is 5.82 Å². The highest BCUT2D eigenvalue weighted by Crippen LogP contribution is 2.41. The van der Waals surface area contributed by atoms with E-state index in [2.05, 4.69) is 20.0 Å². The van der Waals surface area contributed by atoms with Crippen molar-refractivity contribution in [2.24, 2.45) is 0 Å². The molecule has 4 heterocycles. The lowest BCUT2D eigenvalue weighted by molar-refractivity contribution is 0.146. The summed E-state index contributed by atoms with van der Waals surface area (Å²) in [6, 6.07) is 9.57. The van der Waals surface area contributed by atoms with Crippen LogP contribution < -0.4 is 14.2 Å². The van der Waals surface area contributed by atoms with Gasteiger partial charge in [0.1, 0.15) is 22.3 Å². The molecule has 0 aliphatic rings. The number of benzene rings is 1. The van der Waals surface area contributed by atoms with Crippen LogP contribution in [-0.2, 0) is 21.3 Å². The molecular weight excluding hydrogens is 578 g/mol. The Morgan fingerprint density at radius 3 is 2.50 bits per heavy atom. The number of rotatable bonds is 11. The van der Waals surface area contributed by atoms with E-state index in [1.807, 2.05) is 55.8 Å². The Hall–Kier alpha value is -3.94. The molecule has 0 unspecified atom stereocenters. The second-order valence-electron chi connectivity index (χ2n) is 9.96. The molecule has 0 atom stereocenters. The van der Waals surface area contributed by atoms with Crippen LogP contribution in [-0.4, -0.2) is 55.8 Å². The Labute approximate surface area is 248 Å². The van der Waals surface area contributed by atoms with E-state index in [-0.39, 0.29) is 16.6 Å². The highest BCUT2D eigenvalue weighted by Gasteiger charge is 2.27. The van der Waals surface area contributed by atoms with Crippen LogP contribution in [0.1, 0.15) is 33.2 Å². The third kappa shape index (κ3) is 5.72. The third-order valence-corrected chi connectivity index (χ3v) is 9.79. The molecule has 0 amide bonds. The Kier molecular flexibility index (Phi) is 8.26. The Balaban J connectivity index is 1.56. The van der Waals surface area contributed by atoms with Gasteiger partial charge in [0.2, 0.25) is 5.88 Å². The smallest absolute Gasteiger partial charge is 0.273 e. The van der Waals surface area contributed by atoms with Crippen molar-refractivity contribution in [2.45, 2.75) is 45.4 Å². The summed E-state index contributed by atoms with van der Waals surface area (Å²) in [7, 11) is -0.789. The summed E-state index contributed by atoms with van der Waals surface area (Å²) in [6.45, 7) is 10.3. The topological polar surface area (TPSA) is 131 Å². The zero-order chi connectivity index (χ0) is 30.2. The lowest BCUT2D eigenvalue weighted by atomic mass is 10.0. The van der Waals surface area contributed by atoms with Gasteiger partial charge in [-0.2, -0.15) is 0 Å². The number of ether oxygens (including phenoxy) is 3. The van der Waals surface area contributed by atoms with Crippen LogP contribution in [0.15, 0.2) is 39.1 Å². The van der Waals surface area contributed by atoms with Crippen LogP contribution in [0.3, 0.4) is 0 Å². The number of nitrogens with one attached hydrogen (secondary N) is 1. The Bertz CT molecular complexity index is 1870. The van der Waals surface area contributed by atoms with Crippen molar-refractivity contribution in [3.63, 3.8) is 0 Å². The van der Waals surface area contributed by atoms with E-state index in [0.717, 1.165) is 32.7 Å². The number of nitrogens with zero attached hydrogens (tertiary/aromatic N) is 4. The van der Waals surface area contributed by atoms with Crippen LogP contribution in [0.4, 0.5) is 5.82 Å². The van der Waals surface area contributed by atoms with Gasteiger partial charge in [-0.15, -0.1) is 16.4 Å². The fourth-order valence-corrected chi connectivity index (χ4v) is 7.44. The number of aromatic nitrogens is 4. The Morgan fingerprint density at radius 2 is 1.81 bits per heavy atom. The number of sulfonamides is 1. The van der Waals surface area contributed by atoms with E-state index in [1.54, 1.807) is 28.1 Å². The van der Waals surface area contributed by atoms with E-state index in [1.165, 1.54) is 11.3 Å². The zero-order valence-corrected chi connectivity index (χ0v) is 26.2. The van der Waals surface area contributed by atoms with Crippen molar-refractivity contribution >= 4 is 38.1 Å². The monoisotopic (exact) mass is 611 g/mol. The van der Waals surface area contributed by atoms with Crippen LogP contribution in [0.2, 0.25) is 0 Å². The summed E-state index contributed by atoms with van der Waals surface area (Å²) in [5, 5.41) is 9.42. The number of hydrogen-bond acceptors (Lipinski definition) is 10. The molecule has 1 aromatic carbocycles. The molecule has 13 heteroatoms. The van der Waals surface area contributed by atoms with Gasteiger partial charge in [-0.3, -0.25) is 14.4 Å². The largest absolute Gasteiger partial charge is 0.491 e. The maximum Gasteiger partial charge on any atom is 0.273 e. The minimum absolute atomic E-state index is 0.158. The maximum atomic E-state index is 13.6. The average Bonchev–Trinajstić information content (AvgIpc) is 3.60. The second-order valence-corrected chi connectivity index (χ2v) is 13.1. The molecule has 0 spiro atoms. The first-order valence-corrected chi connectivity index (χ1v) is 15.5. The minimum atomic E-state index is -3.98. The van der Waals surface area contributed by atoms with Gasteiger partial charge < -0.3 is 18.7 Å². The highest BCUT2D eigenvalue weighted by atomic mass is 32.2. The van der Waals surface area contributed by atoms with Gasteiger partial charge in [0, 0.05) is 34.4 Å². The SMILES string of the molecule is COCCOc1cc(Cn2nc(OC)c3c(C)nc(C)cc32)ccc1-c1cc(C)sc1S(=O)(=O)Nc1noc(C)c1C. The number of aryl methyl sites for hydroxylation is 4. The van der Waals surface area contributed by atoms with Gasteiger partial charge in [-0.25, -0.2) is 8.42 Å². The summed E-state index contributed by atoms with van der Waals surface area (Å²) in [6.07, 6.45) is 0. The molecule has 42 heavy (non-hydrogen) atoms. The summed E-state index contributed by atoms with van der Waals surface area (Å²) >= 11 is 1.18. The molecule has 0 saturated carbocycles. The third-order valence-electron chi connectivity index (χ3n) is 6.87. The quantitative estimate of drug-likeness (QED) is 0.190.